The third-order valence-electron chi connectivity index (χ3n) is 1.85. The molecule has 0 aromatic rings. The Morgan fingerprint density at radius 2 is 1.75 bits per heavy atom. The third kappa shape index (κ3) is 4.01. The van der Waals surface area contributed by atoms with Crippen molar-refractivity contribution in [3.05, 3.63) is 0 Å². The first-order valence-corrected chi connectivity index (χ1v) is 4.12. The Hall–Kier alpha value is -0.160. The van der Waals surface area contributed by atoms with Crippen LogP contribution in [-0.4, -0.2) is 44.8 Å². The lowest BCUT2D eigenvalue weighted by Crippen LogP contribution is -2.38. The lowest BCUT2D eigenvalue weighted by molar-refractivity contribution is -0.0688. The summed E-state index contributed by atoms with van der Waals surface area (Å²) in [5, 5.41) is 36.4. The van der Waals surface area contributed by atoms with Crippen LogP contribution in [0.1, 0.15) is 26.7 Å². The van der Waals surface area contributed by atoms with Crippen molar-refractivity contribution in [3.63, 3.8) is 0 Å². The van der Waals surface area contributed by atoms with Gasteiger partial charge in [0.15, 0.2) is 0 Å². The van der Waals surface area contributed by atoms with E-state index in [1.54, 1.807) is 6.92 Å². The number of aliphatic hydroxyl groups is 4. The monoisotopic (exact) mass is 178 g/mol. The molecule has 0 bridgehead atoms. The highest BCUT2D eigenvalue weighted by molar-refractivity contribution is 4.78. The summed E-state index contributed by atoms with van der Waals surface area (Å²) in [6.07, 6.45) is -1.39. The summed E-state index contributed by atoms with van der Waals surface area (Å²) < 4.78 is 0. The minimum atomic E-state index is -1.31. The van der Waals surface area contributed by atoms with Crippen LogP contribution in [0.25, 0.3) is 0 Å². The molecule has 0 aliphatic heterocycles. The van der Waals surface area contributed by atoms with E-state index in [1.165, 1.54) is 6.92 Å². The van der Waals surface area contributed by atoms with Gasteiger partial charge in [-0.3, -0.25) is 0 Å². The Bertz CT molecular complexity index is 124. The summed E-state index contributed by atoms with van der Waals surface area (Å²) in [6.45, 7) is 2.74. The first-order valence-electron chi connectivity index (χ1n) is 4.12. The highest BCUT2D eigenvalue weighted by atomic mass is 16.3. The Labute approximate surface area is 72.5 Å². The largest absolute Gasteiger partial charge is 0.393 e. The fourth-order valence-corrected chi connectivity index (χ4v) is 0.923. The van der Waals surface area contributed by atoms with E-state index >= 15 is 0 Å². The molecule has 0 aromatic heterocycles. The van der Waals surface area contributed by atoms with Crippen LogP contribution in [0.3, 0.4) is 0 Å². The van der Waals surface area contributed by atoms with Gasteiger partial charge in [-0.25, -0.2) is 0 Å². The Morgan fingerprint density at radius 1 is 1.25 bits per heavy atom. The summed E-state index contributed by atoms with van der Waals surface area (Å²) in [4.78, 5) is 0. The molecule has 3 atom stereocenters. The Kier molecular flexibility index (Phi) is 4.70. The normalized spacial score (nSPS) is 21.5. The van der Waals surface area contributed by atoms with Crippen molar-refractivity contribution in [2.75, 3.05) is 6.61 Å². The van der Waals surface area contributed by atoms with E-state index in [4.69, 9.17) is 10.2 Å². The Balaban J connectivity index is 3.90. The highest BCUT2D eigenvalue weighted by Crippen LogP contribution is 2.14. The molecule has 0 aliphatic carbocycles. The second kappa shape index (κ2) is 4.77. The molecule has 0 aromatic carbocycles. The number of hydrogen-bond donors (Lipinski definition) is 4. The minimum absolute atomic E-state index is 0.0154. The molecule has 0 amide bonds. The van der Waals surface area contributed by atoms with Gasteiger partial charge in [-0.05, 0) is 13.3 Å². The van der Waals surface area contributed by atoms with Gasteiger partial charge < -0.3 is 20.4 Å². The van der Waals surface area contributed by atoms with E-state index < -0.39 is 24.4 Å². The standard InChI is InChI=1S/C8H18O4/c1-3-6(10)7(11)4-8(2,12)5-9/h6-7,9-12H,3-5H2,1-2H3. The van der Waals surface area contributed by atoms with Crippen molar-refractivity contribution in [1.82, 2.24) is 0 Å². The van der Waals surface area contributed by atoms with Crippen LogP contribution < -0.4 is 0 Å². The second-order valence-corrected chi connectivity index (χ2v) is 3.40. The van der Waals surface area contributed by atoms with Crippen molar-refractivity contribution in [1.29, 1.82) is 0 Å². The lowest BCUT2D eigenvalue weighted by Gasteiger charge is -2.25. The number of rotatable bonds is 5. The number of hydrogen-bond acceptors (Lipinski definition) is 4. The van der Waals surface area contributed by atoms with E-state index in [2.05, 4.69) is 0 Å². The Morgan fingerprint density at radius 3 is 2.08 bits per heavy atom. The molecule has 0 radical (unpaired) electrons. The molecule has 4 N–H and O–H groups in total. The molecule has 3 unspecified atom stereocenters. The van der Waals surface area contributed by atoms with Crippen LogP contribution in [0.5, 0.6) is 0 Å². The van der Waals surface area contributed by atoms with Gasteiger partial charge in [0, 0.05) is 6.42 Å². The second-order valence-electron chi connectivity index (χ2n) is 3.40. The SMILES string of the molecule is CCC(O)C(O)CC(C)(O)CO. The molecule has 0 heterocycles. The minimum Gasteiger partial charge on any atom is -0.393 e. The van der Waals surface area contributed by atoms with Gasteiger partial charge in [0.05, 0.1) is 24.4 Å². The molecule has 12 heavy (non-hydrogen) atoms. The molecule has 4 nitrogen and oxygen atoms in total. The predicted octanol–water partition coefficient (Wildman–Crippen LogP) is -0.748. The maximum absolute atomic E-state index is 9.32. The topological polar surface area (TPSA) is 80.9 Å². The zero-order valence-corrected chi connectivity index (χ0v) is 7.56. The van der Waals surface area contributed by atoms with Crippen molar-refractivity contribution in [2.45, 2.75) is 44.5 Å². The van der Waals surface area contributed by atoms with Crippen LogP contribution in [0.4, 0.5) is 0 Å². The summed E-state index contributed by atoms with van der Waals surface area (Å²) in [6, 6.07) is 0. The first kappa shape index (κ1) is 11.8. The van der Waals surface area contributed by atoms with Gasteiger partial charge in [0.2, 0.25) is 0 Å². The quantitative estimate of drug-likeness (QED) is 0.446. The molecule has 0 aliphatic rings. The first-order chi connectivity index (χ1) is 5.43. The van der Waals surface area contributed by atoms with Gasteiger partial charge in [0.25, 0.3) is 0 Å². The molecule has 4 heteroatoms. The average molecular weight is 178 g/mol. The molecule has 74 valence electrons. The van der Waals surface area contributed by atoms with E-state index in [-0.39, 0.29) is 6.42 Å². The predicted molar refractivity (Wildman–Crippen MR) is 44.6 cm³/mol. The summed E-state index contributed by atoms with van der Waals surface area (Å²) in [7, 11) is 0. The molecule has 0 fully saturated rings. The number of aliphatic hydroxyl groups excluding tert-OH is 3. The van der Waals surface area contributed by atoms with Crippen molar-refractivity contribution < 1.29 is 20.4 Å². The lowest BCUT2D eigenvalue weighted by atomic mass is 9.96. The molecule has 0 rings (SSSR count). The van der Waals surface area contributed by atoms with Crippen molar-refractivity contribution in [3.8, 4) is 0 Å². The van der Waals surface area contributed by atoms with Crippen LogP contribution in [-0.2, 0) is 0 Å². The van der Waals surface area contributed by atoms with Crippen LogP contribution in [0.15, 0.2) is 0 Å². The summed E-state index contributed by atoms with van der Waals surface area (Å²) >= 11 is 0. The van der Waals surface area contributed by atoms with Gasteiger partial charge in [0.1, 0.15) is 0 Å². The van der Waals surface area contributed by atoms with E-state index in [9.17, 15) is 10.2 Å². The smallest absolute Gasteiger partial charge is 0.0875 e. The molecule has 0 saturated carbocycles. The van der Waals surface area contributed by atoms with Crippen LogP contribution in [0.2, 0.25) is 0 Å². The van der Waals surface area contributed by atoms with E-state index in [0.717, 1.165) is 0 Å². The zero-order chi connectivity index (χ0) is 9.78. The van der Waals surface area contributed by atoms with E-state index in [0.29, 0.717) is 6.42 Å². The zero-order valence-electron chi connectivity index (χ0n) is 7.56. The summed E-state index contributed by atoms with van der Waals surface area (Å²) in [5.41, 5.74) is -1.31. The van der Waals surface area contributed by atoms with Crippen molar-refractivity contribution >= 4 is 0 Å². The maximum atomic E-state index is 9.32. The van der Waals surface area contributed by atoms with Gasteiger partial charge >= 0.3 is 0 Å². The summed E-state index contributed by atoms with van der Waals surface area (Å²) in [5.74, 6) is 0. The van der Waals surface area contributed by atoms with Crippen molar-refractivity contribution in [2.24, 2.45) is 0 Å². The molecule has 0 spiro atoms. The molecular formula is C8H18O4. The van der Waals surface area contributed by atoms with Crippen LogP contribution in [0, 0.1) is 0 Å². The van der Waals surface area contributed by atoms with Gasteiger partial charge in [-0.2, -0.15) is 0 Å². The molecule has 0 saturated heterocycles. The third-order valence-corrected chi connectivity index (χ3v) is 1.85. The van der Waals surface area contributed by atoms with Gasteiger partial charge in [-0.15, -0.1) is 0 Å². The van der Waals surface area contributed by atoms with Gasteiger partial charge in [-0.1, -0.05) is 6.92 Å². The molecular weight excluding hydrogens is 160 g/mol. The van der Waals surface area contributed by atoms with Crippen LogP contribution >= 0.6 is 0 Å². The maximum Gasteiger partial charge on any atom is 0.0875 e. The average Bonchev–Trinajstić information content (AvgIpc) is 2.02. The fraction of sp³-hybridized carbons (Fsp3) is 1.00. The highest BCUT2D eigenvalue weighted by Gasteiger charge is 2.26. The van der Waals surface area contributed by atoms with E-state index in [1.807, 2.05) is 0 Å². The fourth-order valence-electron chi connectivity index (χ4n) is 0.923.